The van der Waals surface area contributed by atoms with Crippen molar-refractivity contribution in [3.63, 3.8) is 0 Å². The third-order valence-electron chi connectivity index (χ3n) is 12.6. The number of thioether (sulfide) groups is 1. The minimum Gasteiger partial charge on any atom is -0.457 e. The van der Waals surface area contributed by atoms with E-state index in [1.807, 2.05) is 0 Å². The molecule has 0 radical (unpaired) electrons. The molecule has 352 valence electrons. The average molecular weight is 852 g/mol. The minimum absolute atomic E-state index is 0.401. The van der Waals surface area contributed by atoms with Gasteiger partial charge in [-0.3, -0.25) is 0 Å². The summed E-state index contributed by atoms with van der Waals surface area (Å²) in [6.07, 6.45) is 65.8. The van der Waals surface area contributed by atoms with Crippen molar-refractivity contribution in [2.24, 2.45) is 0 Å². The summed E-state index contributed by atoms with van der Waals surface area (Å²) in [6.45, 7) is 5.40. The van der Waals surface area contributed by atoms with E-state index in [-0.39, 0.29) is 0 Å². The molecule has 0 rings (SSSR count). The number of ether oxygens (including phenoxy) is 2. The molecule has 0 N–H and O–H groups in total. The SMILES string of the molecule is CCCCCCCCCCCCCCCCCCCCCCCCCCOC(=O)SC(=O)OCCCCCCCCCCCCCCCCCCCCCCCCCC. The monoisotopic (exact) mass is 851 g/mol. The molecule has 0 spiro atoms. The molecule has 0 saturated carbocycles. The van der Waals surface area contributed by atoms with Crippen LogP contribution in [0.3, 0.4) is 0 Å². The Hall–Kier alpha value is -0.710. The van der Waals surface area contributed by atoms with E-state index in [4.69, 9.17) is 9.47 Å². The van der Waals surface area contributed by atoms with E-state index in [1.54, 1.807) is 0 Å². The molecule has 0 aliphatic heterocycles. The molecule has 0 saturated heterocycles. The summed E-state index contributed by atoms with van der Waals surface area (Å²) in [5, 5.41) is -1.05. The minimum atomic E-state index is -0.524. The highest BCUT2D eigenvalue weighted by Crippen LogP contribution is 2.18. The predicted molar refractivity (Wildman–Crippen MR) is 263 cm³/mol. The van der Waals surface area contributed by atoms with Crippen LogP contribution in [0.15, 0.2) is 0 Å². The van der Waals surface area contributed by atoms with Gasteiger partial charge in [-0.05, 0) is 12.8 Å². The molecule has 0 amide bonds. The zero-order chi connectivity index (χ0) is 42.6. The molecular weight excluding hydrogens is 745 g/mol. The summed E-state index contributed by atoms with van der Waals surface area (Å²) in [5.74, 6) is 0. The summed E-state index contributed by atoms with van der Waals surface area (Å²) < 4.78 is 10.5. The summed E-state index contributed by atoms with van der Waals surface area (Å²) >= 11 is 0.564. The third-order valence-corrected chi connectivity index (χ3v) is 13.2. The van der Waals surface area contributed by atoms with Crippen LogP contribution in [0.1, 0.15) is 322 Å². The maximum Gasteiger partial charge on any atom is 0.378 e. The maximum absolute atomic E-state index is 12.0. The summed E-state index contributed by atoms with van der Waals surface area (Å²) in [5.41, 5.74) is 0. The Bertz CT molecular complexity index is 739. The van der Waals surface area contributed by atoms with Crippen LogP contribution in [0.25, 0.3) is 0 Å². The van der Waals surface area contributed by atoms with Crippen LogP contribution in [-0.2, 0) is 9.47 Å². The lowest BCUT2D eigenvalue weighted by atomic mass is 10.0. The van der Waals surface area contributed by atoms with E-state index in [1.165, 1.54) is 283 Å². The van der Waals surface area contributed by atoms with Gasteiger partial charge in [0.2, 0.25) is 0 Å². The second kappa shape index (κ2) is 53.4. The Morgan fingerprint density at radius 2 is 0.373 bits per heavy atom. The smallest absolute Gasteiger partial charge is 0.378 e. The van der Waals surface area contributed by atoms with E-state index >= 15 is 0 Å². The number of hydrogen-bond donors (Lipinski definition) is 0. The van der Waals surface area contributed by atoms with Crippen LogP contribution >= 0.6 is 11.8 Å². The largest absolute Gasteiger partial charge is 0.457 e. The number of rotatable bonds is 50. The Morgan fingerprint density at radius 1 is 0.237 bits per heavy atom. The van der Waals surface area contributed by atoms with Crippen LogP contribution in [0.2, 0.25) is 0 Å². The normalized spacial score (nSPS) is 11.4. The fourth-order valence-corrected chi connectivity index (χ4v) is 8.99. The van der Waals surface area contributed by atoms with Gasteiger partial charge < -0.3 is 9.47 Å². The second-order valence-corrected chi connectivity index (χ2v) is 19.4. The van der Waals surface area contributed by atoms with Gasteiger partial charge in [-0.1, -0.05) is 309 Å². The average Bonchev–Trinajstić information content (AvgIpc) is 3.23. The molecule has 0 aromatic heterocycles. The topological polar surface area (TPSA) is 52.6 Å². The Balaban J connectivity index is 3.23. The van der Waals surface area contributed by atoms with Gasteiger partial charge in [0, 0.05) is 0 Å². The van der Waals surface area contributed by atoms with Crippen LogP contribution in [0, 0.1) is 0 Å². The molecule has 0 bridgehead atoms. The fraction of sp³-hybridized carbons (Fsp3) is 0.963. The first kappa shape index (κ1) is 58.3. The number of carbonyl (C=O) groups excluding carboxylic acids is 2. The van der Waals surface area contributed by atoms with Gasteiger partial charge in [-0.2, -0.15) is 0 Å². The summed E-state index contributed by atoms with van der Waals surface area (Å²) in [4.78, 5) is 23.9. The van der Waals surface area contributed by atoms with Gasteiger partial charge in [0.05, 0.1) is 25.0 Å². The zero-order valence-corrected chi connectivity index (χ0v) is 41.2. The maximum atomic E-state index is 12.0. The van der Waals surface area contributed by atoms with Gasteiger partial charge in [-0.25, -0.2) is 9.59 Å². The second-order valence-electron chi connectivity index (χ2n) is 18.6. The quantitative estimate of drug-likeness (QED) is 0.0451. The lowest BCUT2D eigenvalue weighted by molar-refractivity contribution is 0.166. The standard InChI is InChI=1S/C54H106O4S/c1-3-5-7-9-11-13-15-17-19-21-23-25-27-29-31-33-35-37-39-41-43-45-47-49-51-57-53(55)59-54(56)58-52-50-48-46-44-42-40-38-36-34-32-30-28-26-24-22-20-18-16-14-12-10-8-6-4-2/h3-52H2,1-2H3. The van der Waals surface area contributed by atoms with E-state index in [0.29, 0.717) is 25.0 Å². The first-order chi connectivity index (χ1) is 29.2. The number of carbonyl (C=O) groups is 2. The Kier molecular flexibility index (Phi) is 52.8. The molecule has 4 nitrogen and oxygen atoms in total. The molecule has 0 fully saturated rings. The molecule has 5 heteroatoms. The summed E-state index contributed by atoms with van der Waals surface area (Å²) in [6, 6.07) is 0. The molecule has 0 aliphatic rings. The Labute approximate surface area is 375 Å². The molecule has 0 aliphatic carbocycles. The molecule has 0 aromatic rings. The van der Waals surface area contributed by atoms with Crippen molar-refractivity contribution in [2.75, 3.05) is 13.2 Å². The molecule has 59 heavy (non-hydrogen) atoms. The van der Waals surface area contributed by atoms with Crippen LogP contribution in [-0.4, -0.2) is 23.8 Å². The lowest BCUT2D eigenvalue weighted by Crippen LogP contribution is -2.06. The highest BCUT2D eigenvalue weighted by Gasteiger charge is 2.13. The predicted octanol–water partition coefficient (Wildman–Crippen LogP) is 20.8. The van der Waals surface area contributed by atoms with Crippen molar-refractivity contribution in [2.45, 2.75) is 322 Å². The van der Waals surface area contributed by atoms with Gasteiger partial charge in [0.25, 0.3) is 0 Å². The van der Waals surface area contributed by atoms with Crippen molar-refractivity contribution in [1.82, 2.24) is 0 Å². The highest BCUT2D eigenvalue weighted by atomic mass is 32.2. The zero-order valence-electron chi connectivity index (χ0n) is 40.4. The van der Waals surface area contributed by atoms with Crippen molar-refractivity contribution in [1.29, 1.82) is 0 Å². The van der Waals surface area contributed by atoms with Gasteiger partial charge in [0.1, 0.15) is 0 Å². The van der Waals surface area contributed by atoms with Gasteiger partial charge in [-0.15, -0.1) is 0 Å². The molecule has 0 aromatic carbocycles. The van der Waals surface area contributed by atoms with E-state index in [2.05, 4.69) is 13.8 Å². The number of unbranched alkanes of at least 4 members (excludes halogenated alkanes) is 46. The first-order valence-electron chi connectivity index (χ1n) is 27.2. The summed E-state index contributed by atoms with van der Waals surface area (Å²) in [7, 11) is 0. The van der Waals surface area contributed by atoms with Crippen LogP contribution in [0.4, 0.5) is 9.59 Å². The van der Waals surface area contributed by atoms with E-state index in [9.17, 15) is 9.59 Å². The van der Waals surface area contributed by atoms with E-state index < -0.39 is 10.6 Å². The molecule has 0 heterocycles. The molecular formula is C54H106O4S. The molecule has 0 unspecified atom stereocenters. The van der Waals surface area contributed by atoms with Gasteiger partial charge >= 0.3 is 10.6 Å². The fourth-order valence-electron chi connectivity index (χ4n) is 8.57. The van der Waals surface area contributed by atoms with Crippen molar-refractivity contribution >= 4 is 22.4 Å². The third kappa shape index (κ3) is 53.4. The molecule has 0 atom stereocenters. The van der Waals surface area contributed by atoms with E-state index in [0.717, 1.165) is 25.7 Å². The van der Waals surface area contributed by atoms with Crippen molar-refractivity contribution in [3.8, 4) is 0 Å². The van der Waals surface area contributed by atoms with Crippen molar-refractivity contribution in [3.05, 3.63) is 0 Å². The lowest BCUT2D eigenvalue weighted by Gasteiger charge is -2.06. The first-order valence-corrected chi connectivity index (χ1v) is 28.0. The number of hydrogen-bond acceptors (Lipinski definition) is 5. The van der Waals surface area contributed by atoms with Crippen LogP contribution < -0.4 is 0 Å². The van der Waals surface area contributed by atoms with Gasteiger partial charge in [0.15, 0.2) is 0 Å². The Morgan fingerprint density at radius 3 is 0.525 bits per heavy atom. The highest BCUT2D eigenvalue weighted by molar-refractivity contribution is 8.25. The van der Waals surface area contributed by atoms with Crippen LogP contribution in [0.5, 0.6) is 0 Å². The van der Waals surface area contributed by atoms with Crippen molar-refractivity contribution < 1.29 is 19.1 Å².